The van der Waals surface area contributed by atoms with Crippen molar-refractivity contribution in [1.29, 1.82) is 0 Å². The van der Waals surface area contributed by atoms with Crippen LogP contribution in [0.2, 0.25) is 0 Å². The van der Waals surface area contributed by atoms with Crippen LogP contribution in [0, 0.1) is 0 Å². The number of para-hydroxylation sites is 1. The summed E-state index contributed by atoms with van der Waals surface area (Å²) in [5, 5.41) is 7.70. The fourth-order valence-electron chi connectivity index (χ4n) is 2.62. The standard InChI is InChI=1S/C17H19N3O3/c1-2-22-15-7-4-3-6-14(15)17(21)20-11-9-13(12-20)23-16-8-5-10-18-19-16/h3-8,10,13H,2,9,11-12H2,1H3. The Balaban J connectivity index is 1.66. The van der Waals surface area contributed by atoms with Gasteiger partial charge in [-0.1, -0.05) is 12.1 Å². The molecule has 1 aliphatic heterocycles. The second-order valence-corrected chi connectivity index (χ2v) is 5.27. The molecule has 1 aliphatic rings. The first-order valence-electron chi connectivity index (χ1n) is 7.73. The summed E-state index contributed by atoms with van der Waals surface area (Å²) in [5.41, 5.74) is 0.592. The minimum Gasteiger partial charge on any atom is -0.493 e. The lowest BCUT2D eigenvalue weighted by Crippen LogP contribution is -2.31. The van der Waals surface area contributed by atoms with Gasteiger partial charge < -0.3 is 14.4 Å². The van der Waals surface area contributed by atoms with Crippen molar-refractivity contribution >= 4 is 5.91 Å². The van der Waals surface area contributed by atoms with Crippen LogP contribution in [0.15, 0.2) is 42.6 Å². The lowest BCUT2D eigenvalue weighted by molar-refractivity contribution is 0.0767. The highest BCUT2D eigenvalue weighted by atomic mass is 16.5. The van der Waals surface area contributed by atoms with Crippen LogP contribution in [0.1, 0.15) is 23.7 Å². The van der Waals surface area contributed by atoms with Crippen LogP contribution in [0.4, 0.5) is 0 Å². The number of ether oxygens (including phenoxy) is 2. The van der Waals surface area contributed by atoms with Crippen molar-refractivity contribution in [1.82, 2.24) is 15.1 Å². The Morgan fingerprint density at radius 2 is 2.17 bits per heavy atom. The first kappa shape index (κ1) is 15.3. The van der Waals surface area contributed by atoms with Gasteiger partial charge in [0.05, 0.1) is 18.7 Å². The summed E-state index contributed by atoms with van der Waals surface area (Å²) in [6.45, 7) is 3.63. The molecule has 1 unspecified atom stereocenters. The van der Waals surface area contributed by atoms with E-state index in [-0.39, 0.29) is 12.0 Å². The topological polar surface area (TPSA) is 64.5 Å². The highest BCUT2D eigenvalue weighted by Gasteiger charge is 2.29. The zero-order chi connectivity index (χ0) is 16.1. The molecule has 3 rings (SSSR count). The SMILES string of the molecule is CCOc1ccccc1C(=O)N1CCC(Oc2cccnn2)C1. The molecule has 0 aliphatic carbocycles. The minimum atomic E-state index is -0.0603. The van der Waals surface area contributed by atoms with Gasteiger partial charge in [-0.05, 0) is 25.1 Å². The molecule has 0 N–H and O–H groups in total. The molecule has 1 amide bonds. The summed E-state index contributed by atoms with van der Waals surface area (Å²) in [7, 11) is 0. The Bertz CT molecular complexity index is 663. The lowest BCUT2D eigenvalue weighted by atomic mass is 10.2. The second kappa shape index (κ2) is 7.09. The zero-order valence-corrected chi connectivity index (χ0v) is 13.0. The van der Waals surface area contributed by atoms with Gasteiger partial charge in [-0.3, -0.25) is 4.79 Å². The number of likely N-dealkylation sites (tertiary alicyclic amines) is 1. The van der Waals surface area contributed by atoms with Gasteiger partial charge >= 0.3 is 0 Å². The fourth-order valence-corrected chi connectivity index (χ4v) is 2.62. The highest BCUT2D eigenvalue weighted by Crippen LogP contribution is 2.23. The summed E-state index contributed by atoms with van der Waals surface area (Å²) >= 11 is 0. The number of carbonyl (C=O) groups excluding carboxylic acids is 1. The molecule has 23 heavy (non-hydrogen) atoms. The van der Waals surface area contributed by atoms with E-state index in [1.54, 1.807) is 29.3 Å². The van der Waals surface area contributed by atoms with Crippen molar-refractivity contribution in [2.45, 2.75) is 19.4 Å². The smallest absolute Gasteiger partial charge is 0.257 e. The van der Waals surface area contributed by atoms with Gasteiger partial charge in [0, 0.05) is 25.2 Å². The number of hydrogen-bond donors (Lipinski definition) is 0. The van der Waals surface area contributed by atoms with Gasteiger partial charge in [0.15, 0.2) is 0 Å². The minimum absolute atomic E-state index is 0.0284. The molecule has 6 heteroatoms. The average molecular weight is 313 g/mol. The molecule has 1 aromatic heterocycles. The van der Waals surface area contributed by atoms with Gasteiger partial charge in [-0.15, -0.1) is 5.10 Å². The lowest BCUT2D eigenvalue weighted by Gasteiger charge is -2.18. The van der Waals surface area contributed by atoms with Crippen LogP contribution in [0.3, 0.4) is 0 Å². The van der Waals surface area contributed by atoms with Gasteiger partial charge in [0.1, 0.15) is 11.9 Å². The molecular weight excluding hydrogens is 294 g/mol. The van der Waals surface area contributed by atoms with Crippen molar-refractivity contribution in [3.05, 3.63) is 48.2 Å². The molecule has 120 valence electrons. The van der Waals surface area contributed by atoms with E-state index in [1.807, 2.05) is 25.1 Å². The van der Waals surface area contributed by atoms with Crippen LogP contribution in [0.5, 0.6) is 11.6 Å². The summed E-state index contributed by atoms with van der Waals surface area (Å²) in [6.07, 6.45) is 2.32. The van der Waals surface area contributed by atoms with E-state index >= 15 is 0 Å². The van der Waals surface area contributed by atoms with E-state index in [0.717, 1.165) is 6.42 Å². The Labute approximate surface area is 135 Å². The maximum Gasteiger partial charge on any atom is 0.257 e. The first-order chi connectivity index (χ1) is 11.3. The van der Waals surface area contributed by atoms with Gasteiger partial charge in [0.2, 0.25) is 5.88 Å². The summed E-state index contributed by atoms with van der Waals surface area (Å²) in [5.74, 6) is 1.08. The van der Waals surface area contributed by atoms with E-state index in [9.17, 15) is 4.79 Å². The predicted molar refractivity (Wildman–Crippen MR) is 84.6 cm³/mol. The molecule has 1 saturated heterocycles. The number of nitrogens with zero attached hydrogens (tertiary/aromatic N) is 3. The predicted octanol–water partition coefficient (Wildman–Crippen LogP) is 2.17. The highest BCUT2D eigenvalue weighted by molar-refractivity contribution is 5.97. The third kappa shape index (κ3) is 3.59. The third-order valence-electron chi connectivity index (χ3n) is 3.68. The maximum absolute atomic E-state index is 12.7. The van der Waals surface area contributed by atoms with Crippen molar-refractivity contribution in [2.75, 3.05) is 19.7 Å². The fraction of sp³-hybridized carbons (Fsp3) is 0.353. The van der Waals surface area contributed by atoms with Crippen LogP contribution in [-0.2, 0) is 0 Å². The van der Waals surface area contributed by atoms with Crippen molar-refractivity contribution < 1.29 is 14.3 Å². The Kier molecular flexibility index (Phi) is 4.71. The summed E-state index contributed by atoms with van der Waals surface area (Å²) in [6, 6.07) is 10.9. The third-order valence-corrected chi connectivity index (χ3v) is 3.68. The van der Waals surface area contributed by atoms with E-state index in [1.165, 1.54) is 0 Å². The molecule has 0 spiro atoms. The number of aromatic nitrogens is 2. The average Bonchev–Trinajstić information content (AvgIpc) is 3.04. The van der Waals surface area contributed by atoms with Crippen molar-refractivity contribution in [3.63, 3.8) is 0 Å². The summed E-state index contributed by atoms with van der Waals surface area (Å²) in [4.78, 5) is 14.5. The zero-order valence-electron chi connectivity index (χ0n) is 13.0. The summed E-state index contributed by atoms with van der Waals surface area (Å²) < 4.78 is 11.3. The number of benzene rings is 1. The van der Waals surface area contributed by atoms with Crippen LogP contribution in [-0.4, -0.2) is 46.8 Å². The van der Waals surface area contributed by atoms with Crippen molar-refractivity contribution in [3.8, 4) is 11.6 Å². The maximum atomic E-state index is 12.7. The van der Waals surface area contributed by atoms with Crippen molar-refractivity contribution in [2.24, 2.45) is 0 Å². The van der Waals surface area contributed by atoms with Crippen LogP contribution in [0.25, 0.3) is 0 Å². The molecule has 0 radical (unpaired) electrons. The first-order valence-corrected chi connectivity index (χ1v) is 7.73. The van der Waals surface area contributed by atoms with Gasteiger partial charge in [-0.2, -0.15) is 5.10 Å². The molecule has 6 nitrogen and oxygen atoms in total. The quantitative estimate of drug-likeness (QED) is 0.846. The molecule has 1 fully saturated rings. The van der Waals surface area contributed by atoms with Crippen LogP contribution >= 0.6 is 0 Å². The monoisotopic (exact) mass is 313 g/mol. The van der Waals surface area contributed by atoms with E-state index in [4.69, 9.17) is 9.47 Å². The molecule has 2 aromatic rings. The normalized spacial score (nSPS) is 17.1. The Morgan fingerprint density at radius 1 is 1.30 bits per heavy atom. The number of amides is 1. The Hall–Kier alpha value is -2.63. The number of hydrogen-bond acceptors (Lipinski definition) is 5. The van der Waals surface area contributed by atoms with Crippen LogP contribution < -0.4 is 9.47 Å². The molecular formula is C17H19N3O3. The molecule has 1 aromatic carbocycles. The number of carbonyl (C=O) groups is 1. The largest absolute Gasteiger partial charge is 0.493 e. The molecule has 1 atom stereocenters. The second-order valence-electron chi connectivity index (χ2n) is 5.27. The number of rotatable bonds is 5. The van der Waals surface area contributed by atoms with E-state index < -0.39 is 0 Å². The molecule has 0 saturated carbocycles. The van der Waals surface area contributed by atoms with E-state index in [0.29, 0.717) is 36.9 Å². The van der Waals surface area contributed by atoms with E-state index in [2.05, 4.69) is 10.2 Å². The van der Waals surface area contributed by atoms with Gasteiger partial charge in [-0.25, -0.2) is 0 Å². The molecule has 2 heterocycles. The van der Waals surface area contributed by atoms with Gasteiger partial charge in [0.25, 0.3) is 5.91 Å². The Morgan fingerprint density at radius 3 is 2.96 bits per heavy atom. The molecule has 0 bridgehead atoms.